The molecule has 2 unspecified atom stereocenters. The summed E-state index contributed by atoms with van der Waals surface area (Å²) in [6, 6.07) is 28.4. The van der Waals surface area contributed by atoms with Crippen LogP contribution in [-0.4, -0.2) is 63.2 Å². The van der Waals surface area contributed by atoms with Gasteiger partial charge in [0.1, 0.15) is 22.8 Å². The van der Waals surface area contributed by atoms with Crippen LogP contribution in [0.4, 0.5) is 4.79 Å². The molecule has 50 heavy (non-hydrogen) atoms. The first-order chi connectivity index (χ1) is 22.8. The van der Waals surface area contributed by atoms with Gasteiger partial charge in [-0.05, 0) is 56.5 Å². The van der Waals surface area contributed by atoms with Crippen LogP contribution in [-0.2, 0) is 46.9 Å². The Hall–Kier alpha value is -2.69. The van der Waals surface area contributed by atoms with Gasteiger partial charge in [0.05, 0.1) is 53.3 Å². The smallest absolute Gasteiger partial charge is 1.00 e. The molecule has 2 atom stereocenters. The molecule has 266 valence electrons. The van der Waals surface area contributed by atoms with Crippen LogP contribution in [0.5, 0.6) is 17.2 Å². The largest absolute Gasteiger partial charge is 2.00 e. The number of likely N-dealkylation sites (tertiary alicyclic amines) is 1. The minimum atomic E-state index is -0.580. The molecule has 1 amide bonds. The molecule has 1 fully saturated rings. The number of hydrogen-bond acceptors (Lipinski definition) is 7. The Balaban J connectivity index is 0.00000289. The second kappa shape index (κ2) is 21.0. The van der Waals surface area contributed by atoms with Crippen LogP contribution in [0.3, 0.4) is 0 Å². The van der Waals surface area contributed by atoms with Gasteiger partial charge in [0.15, 0.2) is 0 Å². The molecule has 5 rings (SSSR count). The quantitative estimate of drug-likeness (QED) is 0.151. The Labute approximate surface area is 330 Å². The Morgan fingerprint density at radius 3 is 2.18 bits per heavy atom. The zero-order chi connectivity index (χ0) is 33.2. The van der Waals surface area contributed by atoms with E-state index in [4.69, 9.17) is 28.4 Å². The summed E-state index contributed by atoms with van der Waals surface area (Å²) in [5, 5.41) is 1.94. The van der Waals surface area contributed by atoms with Gasteiger partial charge in [-0.1, -0.05) is 66.7 Å². The van der Waals surface area contributed by atoms with Gasteiger partial charge in [-0.3, -0.25) is 0 Å². The van der Waals surface area contributed by atoms with Gasteiger partial charge in [0.2, 0.25) is 0 Å². The molecular weight excluding hydrogens is 820 g/mol. The Kier molecular flexibility index (Phi) is 18.2. The number of piperidine rings is 1. The number of halogens is 2. The predicted molar refractivity (Wildman–Crippen MR) is 183 cm³/mol. The predicted octanol–water partition coefficient (Wildman–Crippen LogP) is 2.16. The van der Waals surface area contributed by atoms with Gasteiger partial charge in [-0.25, -0.2) is 4.79 Å². The summed E-state index contributed by atoms with van der Waals surface area (Å²) in [5.41, 5.74) is 2.61. The zero-order valence-electron chi connectivity index (χ0n) is 29.7. The normalized spacial score (nSPS) is 15.6. The molecule has 0 saturated carbocycles. The number of methoxy groups -OCH3 is 2. The summed E-state index contributed by atoms with van der Waals surface area (Å²) in [6.45, 7) is 8.74. The third-order valence-electron chi connectivity index (χ3n) is 8.24. The maximum Gasteiger partial charge on any atom is 2.00 e. The number of fused-ring (bicyclic) bond motifs is 1. The molecule has 8 nitrogen and oxygen atoms in total. The second-order valence-corrected chi connectivity index (χ2v) is 12.8. The fourth-order valence-electron chi connectivity index (χ4n) is 5.97. The molecule has 0 radical (unpaired) electrons. The zero-order valence-corrected chi connectivity index (χ0v) is 35.8. The second-order valence-electron chi connectivity index (χ2n) is 12.8. The molecule has 0 aromatic heterocycles. The van der Waals surface area contributed by atoms with E-state index >= 15 is 0 Å². The molecule has 0 spiro atoms. The molecule has 1 aliphatic rings. The van der Waals surface area contributed by atoms with E-state index in [0.717, 1.165) is 52.0 Å². The Morgan fingerprint density at radius 2 is 1.52 bits per heavy atom. The third-order valence-corrected chi connectivity index (χ3v) is 8.24. The topological polar surface area (TPSA) is 75.7 Å². The van der Waals surface area contributed by atoms with Crippen molar-refractivity contribution < 1.29 is 86.7 Å². The van der Waals surface area contributed by atoms with E-state index in [1.165, 1.54) is 5.56 Å². The summed E-state index contributed by atoms with van der Waals surface area (Å²) in [4.78, 5) is 14.8. The van der Waals surface area contributed by atoms with Crippen molar-refractivity contribution in [2.75, 3.05) is 40.5 Å². The van der Waals surface area contributed by atoms with Crippen molar-refractivity contribution >= 4 is 16.9 Å². The molecular formula is C39H47Br2NO7Zn. The van der Waals surface area contributed by atoms with E-state index in [1.807, 2.05) is 81.4 Å². The Morgan fingerprint density at radius 1 is 0.840 bits per heavy atom. The molecule has 11 heteroatoms. The van der Waals surface area contributed by atoms with Crippen molar-refractivity contribution in [3.8, 4) is 17.2 Å². The molecule has 0 bridgehead atoms. The molecule has 0 aliphatic carbocycles. The van der Waals surface area contributed by atoms with Gasteiger partial charge in [0, 0.05) is 35.2 Å². The van der Waals surface area contributed by atoms with Crippen molar-refractivity contribution in [1.82, 2.24) is 4.90 Å². The molecule has 1 aliphatic heterocycles. The molecule has 4 aromatic carbocycles. The van der Waals surface area contributed by atoms with Crippen LogP contribution in [0.2, 0.25) is 0 Å². The van der Waals surface area contributed by atoms with Gasteiger partial charge in [0.25, 0.3) is 0 Å². The minimum Gasteiger partial charge on any atom is -1.00 e. The van der Waals surface area contributed by atoms with E-state index in [-0.39, 0.29) is 71.6 Å². The maximum absolute atomic E-state index is 13.1. The maximum atomic E-state index is 13.1. The van der Waals surface area contributed by atoms with E-state index in [2.05, 4.69) is 24.3 Å². The van der Waals surface area contributed by atoms with Gasteiger partial charge < -0.3 is 67.3 Å². The van der Waals surface area contributed by atoms with Crippen molar-refractivity contribution in [1.29, 1.82) is 0 Å². The van der Waals surface area contributed by atoms with E-state index in [0.29, 0.717) is 39.5 Å². The fraction of sp³-hybridized carbons (Fsp3) is 0.410. The fourth-order valence-corrected chi connectivity index (χ4v) is 5.97. The molecule has 1 saturated heterocycles. The summed E-state index contributed by atoms with van der Waals surface area (Å²) in [7, 11) is 3.34. The van der Waals surface area contributed by atoms with Gasteiger partial charge >= 0.3 is 25.6 Å². The number of carbonyl (C=O) groups is 1. The van der Waals surface area contributed by atoms with Crippen LogP contribution in [0.15, 0.2) is 84.9 Å². The number of carbonyl (C=O) groups excluding carboxylic acids is 1. The third kappa shape index (κ3) is 11.9. The van der Waals surface area contributed by atoms with Crippen LogP contribution in [0, 0.1) is 0 Å². The van der Waals surface area contributed by atoms with Crippen molar-refractivity contribution in [3.63, 3.8) is 0 Å². The van der Waals surface area contributed by atoms with Gasteiger partial charge in [-0.2, -0.15) is 0 Å². The monoisotopic (exact) mass is 863 g/mol. The average molecular weight is 867 g/mol. The van der Waals surface area contributed by atoms with E-state index < -0.39 is 5.60 Å². The molecule has 0 N–H and O–H groups in total. The number of rotatable bonds is 13. The van der Waals surface area contributed by atoms with Crippen LogP contribution >= 0.6 is 0 Å². The molecule has 4 aromatic rings. The molecule has 1 heterocycles. The van der Waals surface area contributed by atoms with Crippen LogP contribution < -0.4 is 48.2 Å². The number of amides is 1. The van der Waals surface area contributed by atoms with Crippen LogP contribution in [0.1, 0.15) is 56.2 Å². The number of hydrogen-bond donors (Lipinski definition) is 0. The van der Waals surface area contributed by atoms with E-state index in [1.54, 1.807) is 19.1 Å². The first-order valence-corrected chi connectivity index (χ1v) is 16.3. The minimum absolute atomic E-state index is 0. The van der Waals surface area contributed by atoms with Crippen molar-refractivity contribution in [3.05, 3.63) is 102 Å². The van der Waals surface area contributed by atoms with Crippen molar-refractivity contribution in [2.24, 2.45) is 0 Å². The first kappa shape index (κ1) is 43.5. The average Bonchev–Trinajstić information content (AvgIpc) is 3.08. The van der Waals surface area contributed by atoms with E-state index in [9.17, 15) is 4.79 Å². The first-order valence-electron chi connectivity index (χ1n) is 16.3. The number of ether oxygens (including phenoxy) is 6. The number of nitrogens with zero attached hydrogens (tertiary/aromatic N) is 1. The summed E-state index contributed by atoms with van der Waals surface area (Å²) >= 11 is 0. The summed E-state index contributed by atoms with van der Waals surface area (Å²) < 4.78 is 35.8. The Bertz CT molecular complexity index is 1600. The summed E-state index contributed by atoms with van der Waals surface area (Å²) in [5.74, 6) is 2.40. The van der Waals surface area contributed by atoms with Crippen molar-refractivity contribution in [2.45, 2.75) is 64.4 Å². The van der Waals surface area contributed by atoms with Gasteiger partial charge in [-0.15, -0.1) is 0 Å². The van der Waals surface area contributed by atoms with Crippen LogP contribution in [0.25, 0.3) is 10.8 Å². The summed E-state index contributed by atoms with van der Waals surface area (Å²) in [6.07, 6.45) is 0.940. The SMILES string of the molecule is COc1cc(COC2CN(C(=O)OC(C)(C)C)CCC2c2ccc(OCCCOCc3ccccc3)cc2)c(OC)c2ccccc12.[Br-].[Br-].[Zn+2]. The number of benzene rings is 4. The standard InChI is InChI=1S/C39H47NO7.2BrH.Zn/c1-39(2,3)47-38(41)40-21-20-32(29-16-18-31(19-17-29)45-23-11-22-44-26-28-12-7-6-8-13-28)36(25-40)46-27-30-24-35(42-4)33-14-9-10-15-34(33)37(30)43-5;;;/h6-10,12-19,24,32,36H,11,20-23,25-27H2,1-5H3;2*1H;/q;;;+2/p-2.